The number of aldehydes is 1. The van der Waals surface area contributed by atoms with Gasteiger partial charge in [-0.05, 0) is 48.0 Å². The van der Waals surface area contributed by atoms with Crippen molar-refractivity contribution in [3.63, 3.8) is 0 Å². The number of amides is 2. The van der Waals surface area contributed by atoms with Crippen molar-refractivity contribution in [1.82, 2.24) is 0 Å². The molecule has 2 amide bonds. The number of hydrogen-bond acceptors (Lipinski definition) is 4. The highest BCUT2D eigenvalue weighted by Crippen LogP contribution is 2.27. The molecule has 6 nitrogen and oxygen atoms in total. The highest BCUT2D eigenvalue weighted by atomic mass is 16.5. The first-order valence-corrected chi connectivity index (χ1v) is 8.34. The van der Waals surface area contributed by atoms with Crippen molar-refractivity contribution in [3.8, 4) is 5.75 Å². The summed E-state index contributed by atoms with van der Waals surface area (Å²) in [4.78, 5) is 35.0. The van der Waals surface area contributed by atoms with Crippen LogP contribution >= 0.6 is 0 Å². The average Bonchev–Trinajstić information content (AvgIpc) is 2.68. The molecule has 3 aromatic rings. The fourth-order valence-electron chi connectivity index (χ4n) is 2.71. The Morgan fingerprint density at radius 3 is 2.41 bits per heavy atom. The second-order valence-corrected chi connectivity index (χ2v) is 6.01. The number of fused-ring (bicyclic) bond motifs is 1. The highest BCUT2D eigenvalue weighted by molar-refractivity contribution is 6.01. The van der Waals surface area contributed by atoms with Gasteiger partial charge < -0.3 is 15.8 Å². The van der Waals surface area contributed by atoms with Crippen LogP contribution in [0.15, 0.2) is 60.7 Å². The van der Waals surface area contributed by atoms with Crippen molar-refractivity contribution < 1.29 is 19.1 Å². The van der Waals surface area contributed by atoms with Gasteiger partial charge in [0.2, 0.25) is 5.91 Å². The minimum atomic E-state index is -0.833. The smallest absolute Gasteiger partial charge is 0.265 e. The summed E-state index contributed by atoms with van der Waals surface area (Å²) in [6.07, 6.45) is -0.106. The van der Waals surface area contributed by atoms with Gasteiger partial charge in [-0.15, -0.1) is 0 Å². The Hall–Kier alpha value is -3.67. The standard InChI is InChI=1S/C21H18N2O4/c1-13(21(26)23-16-9-6-15(7-10-16)20(22)25)27-19-11-8-14-4-2-3-5-17(14)18(19)12-24/h2-13H,1H3,(H2,22,25)(H,23,26)/t13-/m1/s1. The number of benzene rings is 3. The Labute approximate surface area is 155 Å². The molecule has 3 N–H and O–H groups in total. The highest BCUT2D eigenvalue weighted by Gasteiger charge is 2.18. The molecule has 0 aromatic heterocycles. The third kappa shape index (κ3) is 3.95. The number of ether oxygens (including phenoxy) is 1. The van der Waals surface area contributed by atoms with E-state index < -0.39 is 12.0 Å². The van der Waals surface area contributed by atoms with Gasteiger partial charge >= 0.3 is 0 Å². The van der Waals surface area contributed by atoms with Crippen molar-refractivity contribution in [2.75, 3.05) is 5.32 Å². The number of primary amides is 1. The van der Waals surface area contributed by atoms with Crippen LogP contribution in [0, 0.1) is 0 Å². The van der Waals surface area contributed by atoms with E-state index in [1.807, 2.05) is 30.3 Å². The predicted octanol–water partition coefficient (Wildman–Crippen LogP) is 3.16. The van der Waals surface area contributed by atoms with Gasteiger partial charge in [0.15, 0.2) is 12.4 Å². The van der Waals surface area contributed by atoms with Gasteiger partial charge in [-0.1, -0.05) is 30.3 Å². The maximum Gasteiger partial charge on any atom is 0.265 e. The van der Waals surface area contributed by atoms with Crippen LogP contribution in [-0.4, -0.2) is 24.2 Å². The third-order valence-electron chi connectivity index (χ3n) is 4.16. The lowest BCUT2D eigenvalue weighted by Crippen LogP contribution is -2.30. The SMILES string of the molecule is C[C@@H](Oc1ccc2ccccc2c1C=O)C(=O)Nc1ccc(C(N)=O)cc1. The average molecular weight is 362 g/mol. The van der Waals surface area contributed by atoms with Crippen LogP contribution in [-0.2, 0) is 4.79 Å². The topological polar surface area (TPSA) is 98.5 Å². The minimum Gasteiger partial charge on any atom is -0.480 e. The molecule has 0 aliphatic carbocycles. The van der Waals surface area contributed by atoms with E-state index in [4.69, 9.17) is 10.5 Å². The van der Waals surface area contributed by atoms with Crippen molar-refractivity contribution in [2.24, 2.45) is 5.73 Å². The van der Waals surface area contributed by atoms with Crippen LogP contribution in [0.2, 0.25) is 0 Å². The van der Waals surface area contributed by atoms with Crippen molar-refractivity contribution in [2.45, 2.75) is 13.0 Å². The predicted molar refractivity (Wildman–Crippen MR) is 103 cm³/mol. The summed E-state index contributed by atoms with van der Waals surface area (Å²) in [5.74, 6) is -0.579. The number of rotatable bonds is 6. The molecule has 0 fully saturated rings. The second-order valence-electron chi connectivity index (χ2n) is 6.01. The zero-order valence-electron chi connectivity index (χ0n) is 14.6. The normalized spacial score (nSPS) is 11.6. The zero-order valence-corrected chi connectivity index (χ0v) is 14.6. The van der Waals surface area contributed by atoms with Crippen LogP contribution in [0.5, 0.6) is 5.75 Å². The first-order valence-electron chi connectivity index (χ1n) is 8.34. The van der Waals surface area contributed by atoms with E-state index in [1.54, 1.807) is 25.1 Å². The second kappa shape index (κ2) is 7.70. The van der Waals surface area contributed by atoms with Crippen LogP contribution in [0.4, 0.5) is 5.69 Å². The molecule has 0 unspecified atom stereocenters. The lowest BCUT2D eigenvalue weighted by atomic mass is 10.0. The van der Waals surface area contributed by atoms with Gasteiger partial charge in [-0.2, -0.15) is 0 Å². The van der Waals surface area contributed by atoms with Gasteiger partial charge in [-0.3, -0.25) is 14.4 Å². The number of hydrogen-bond donors (Lipinski definition) is 2. The minimum absolute atomic E-state index is 0.343. The molecule has 0 spiro atoms. The first kappa shape index (κ1) is 18.1. The molecule has 0 aliphatic rings. The molecule has 27 heavy (non-hydrogen) atoms. The maximum atomic E-state index is 12.4. The molecule has 6 heteroatoms. The van der Waals surface area contributed by atoms with Crippen molar-refractivity contribution in [1.29, 1.82) is 0 Å². The zero-order chi connectivity index (χ0) is 19.4. The number of nitrogens with two attached hydrogens (primary N) is 1. The van der Waals surface area contributed by atoms with E-state index in [9.17, 15) is 14.4 Å². The molecule has 0 saturated heterocycles. The summed E-state index contributed by atoms with van der Waals surface area (Å²) in [6.45, 7) is 1.59. The van der Waals surface area contributed by atoms with Crippen LogP contribution in [0.25, 0.3) is 10.8 Å². The molecule has 3 aromatic carbocycles. The Morgan fingerprint density at radius 1 is 1.04 bits per heavy atom. The molecule has 0 radical (unpaired) electrons. The summed E-state index contributed by atoms with van der Waals surface area (Å²) in [5.41, 5.74) is 6.45. The van der Waals surface area contributed by atoms with Crippen molar-refractivity contribution in [3.05, 3.63) is 71.8 Å². The Bertz CT molecular complexity index is 1010. The Morgan fingerprint density at radius 2 is 1.74 bits per heavy atom. The lowest BCUT2D eigenvalue weighted by molar-refractivity contribution is -0.122. The van der Waals surface area contributed by atoms with Crippen LogP contribution in [0.3, 0.4) is 0 Å². The summed E-state index contributed by atoms with van der Waals surface area (Å²) in [6, 6.07) is 17.2. The van der Waals surface area contributed by atoms with E-state index in [2.05, 4.69) is 5.32 Å². The van der Waals surface area contributed by atoms with Gasteiger partial charge in [0.1, 0.15) is 5.75 Å². The number of nitrogens with one attached hydrogen (secondary N) is 1. The lowest BCUT2D eigenvalue weighted by Gasteiger charge is -2.17. The monoisotopic (exact) mass is 362 g/mol. The van der Waals surface area contributed by atoms with Gasteiger partial charge in [0.25, 0.3) is 5.91 Å². The molecule has 0 aliphatic heterocycles. The molecule has 0 heterocycles. The fourth-order valence-corrected chi connectivity index (χ4v) is 2.71. The molecule has 1 atom stereocenters. The number of anilines is 1. The number of carbonyl (C=O) groups excluding carboxylic acids is 3. The molecular formula is C21H18N2O4. The molecule has 3 rings (SSSR count). The summed E-state index contributed by atoms with van der Waals surface area (Å²) >= 11 is 0. The maximum absolute atomic E-state index is 12.4. The molecule has 136 valence electrons. The van der Waals surface area contributed by atoms with Crippen LogP contribution in [0.1, 0.15) is 27.6 Å². The van der Waals surface area contributed by atoms with Crippen LogP contribution < -0.4 is 15.8 Å². The van der Waals surface area contributed by atoms with Crippen molar-refractivity contribution >= 4 is 34.6 Å². The quantitative estimate of drug-likeness (QED) is 0.658. The molecular weight excluding hydrogens is 344 g/mol. The summed E-state index contributed by atoms with van der Waals surface area (Å²) in [7, 11) is 0. The third-order valence-corrected chi connectivity index (χ3v) is 4.16. The Kier molecular flexibility index (Phi) is 5.17. The van der Waals surface area contributed by atoms with E-state index in [0.717, 1.165) is 17.1 Å². The number of carbonyl (C=O) groups is 3. The van der Waals surface area contributed by atoms with E-state index in [-0.39, 0.29) is 5.91 Å². The first-order chi connectivity index (χ1) is 13.0. The summed E-state index contributed by atoms with van der Waals surface area (Å²) < 4.78 is 5.72. The summed E-state index contributed by atoms with van der Waals surface area (Å²) in [5, 5.41) is 4.38. The van der Waals surface area contributed by atoms with Gasteiger partial charge in [0.05, 0.1) is 5.56 Å². The van der Waals surface area contributed by atoms with Gasteiger partial charge in [-0.25, -0.2) is 0 Å². The van der Waals surface area contributed by atoms with E-state index in [1.165, 1.54) is 12.1 Å². The van der Waals surface area contributed by atoms with E-state index >= 15 is 0 Å². The largest absolute Gasteiger partial charge is 0.480 e. The Balaban J connectivity index is 1.75. The van der Waals surface area contributed by atoms with E-state index in [0.29, 0.717) is 22.6 Å². The van der Waals surface area contributed by atoms with Gasteiger partial charge in [0, 0.05) is 11.3 Å². The molecule has 0 saturated carbocycles. The molecule has 0 bridgehead atoms. The fraction of sp³-hybridized carbons (Fsp3) is 0.0952.